The highest BCUT2D eigenvalue weighted by Crippen LogP contribution is 2.41. The molecule has 2 aliphatic rings. The van der Waals surface area contributed by atoms with Crippen LogP contribution in [0.25, 0.3) is 0 Å². The quantitative estimate of drug-likeness (QED) is 0.608. The van der Waals surface area contributed by atoms with Crippen LogP contribution >= 0.6 is 11.8 Å². The Morgan fingerprint density at radius 2 is 1.92 bits per heavy atom. The molecule has 1 amide bonds. The Bertz CT molecular complexity index is 855. The molecule has 7 nitrogen and oxygen atoms in total. The van der Waals surface area contributed by atoms with Crippen molar-refractivity contribution in [1.82, 2.24) is 4.90 Å². The summed E-state index contributed by atoms with van der Waals surface area (Å²) in [5.74, 6) is 1.75. The summed E-state index contributed by atoms with van der Waals surface area (Å²) in [6.45, 7) is 1.49. The highest BCUT2D eigenvalue weighted by molar-refractivity contribution is 7.99. The third-order valence-electron chi connectivity index (χ3n) is 4.34. The standard InChI is InChI=1S/C18H16N2O5S/c21-17(14-2-1-3-15-16(14)25-10-9-24-15)19-8-11-26-18(19)12-4-6-13(7-5-12)20(22)23/h1-7,18H,8-11H2. The maximum absolute atomic E-state index is 13.1. The Labute approximate surface area is 154 Å². The Morgan fingerprint density at radius 3 is 2.69 bits per heavy atom. The second-order valence-corrected chi connectivity index (χ2v) is 7.09. The number of carbonyl (C=O) groups excluding carboxylic acids is 1. The van der Waals surface area contributed by atoms with Crippen molar-refractivity contribution in [3.05, 3.63) is 63.7 Å². The molecular weight excluding hydrogens is 356 g/mol. The van der Waals surface area contributed by atoms with E-state index in [-0.39, 0.29) is 17.0 Å². The predicted molar refractivity (Wildman–Crippen MR) is 96.8 cm³/mol. The molecular formula is C18H16N2O5S. The lowest BCUT2D eigenvalue weighted by molar-refractivity contribution is -0.384. The van der Waals surface area contributed by atoms with Gasteiger partial charge in [0, 0.05) is 24.4 Å². The second kappa shape index (κ2) is 6.87. The smallest absolute Gasteiger partial charge is 0.269 e. The fourth-order valence-corrected chi connectivity index (χ4v) is 4.37. The molecule has 0 spiro atoms. The zero-order valence-electron chi connectivity index (χ0n) is 13.8. The highest BCUT2D eigenvalue weighted by Gasteiger charge is 2.34. The number of nitro benzene ring substituents is 1. The highest BCUT2D eigenvalue weighted by atomic mass is 32.2. The van der Waals surface area contributed by atoms with Crippen molar-refractivity contribution < 1.29 is 19.2 Å². The molecule has 2 heterocycles. The molecule has 0 bridgehead atoms. The molecule has 1 fully saturated rings. The van der Waals surface area contributed by atoms with Crippen LogP contribution in [-0.2, 0) is 0 Å². The maximum Gasteiger partial charge on any atom is 0.269 e. The number of para-hydroxylation sites is 1. The van der Waals surface area contributed by atoms with Gasteiger partial charge in [-0.25, -0.2) is 0 Å². The summed E-state index contributed by atoms with van der Waals surface area (Å²) in [5, 5.41) is 10.7. The number of nitrogens with zero attached hydrogens (tertiary/aromatic N) is 2. The van der Waals surface area contributed by atoms with Gasteiger partial charge in [-0.15, -0.1) is 11.8 Å². The number of amides is 1. The van der Waals surface area contributed by atoms with E-state index < -0.39 is 4.92 Å². The molecule has 26 heavy (non-hydrogen) atoms. The van der Waals surface area contributed by atoms with Crippen molar-refractivity contribution in [3.63, 3.8) is 0 Å². The average molecular weight is 372 g/mol. The lowest BCUT2D eigenvalue weighted by atomic mass is 10.1. The predicted octanol–water partition coefficient (Wildman–Crippen LogP) is 3.25. The van der Waals surface area contributed by atoms with Crippen LogP contribution in [0.15, 0.2) is 42.5 Å². The number of fused-ring (bicyclic) bond motifs is 1. The van der Waals surface area contributed by atoms with Crippen LogP contribution in [0.4, 0.5) is 5.69 Å². The van der Waals surface area contributed by atoms with E-state index in [1.807, 2.05) is 0 Å². The first-order chi connectivity index (χ1) is 12.6. The molecule has 2 aromatic rings. The first-order valence-electron chi connectivity index (χ1n) is 8.20. The van der Waals surface area contributed by atoms with E-state index in [0.717, 1.165) is 11.3 Å². The van der Waals surface area contributed by atoms with Crippen LogP contribution < -0.4 is 9.47 Å². The lowest BCUT2D eigenvalue weighted by Crippen LogP contribution is -2.31. The van der Waals surface area contributed by atoms with Crippen LogP contribution in [0.5, 0.6) is 11.5 Å². The minimum atomic E-state index is -0.428. The van der Waals surface area contributed by atoms with Gasteiger partial charge < -0.3 is 14.4 Å². The van der Waals surface area contributed by atoms with E-state index >= 15 is 0 Å². The van der Waals surface area contributed by atoms with E-state index in [4.69, 9.17) is 9.47 Å². The van der Waals surface area contributed by atoms with Crippen LogP contribution in [-0.4, -0.2) is 41.2 Å². The SMILES string of the molecule is O=C(c1cccc2c1OCCO2)N1CCSC1c1ccc([N+](=O)[O-])cc1. The summed E-state index contributed by atoms with van der Waals surface area (Å²) in [4.78, 5) is 25.3. The zero-order chi connectivity index (χ0) is 18.1. The minimum Gasteiger partial charge on any atom is -0.486 e. The molecule has 4 rings (SSSR count). The van der Waals surface area contributed by atoms with E-state index in [1.165, 1.54) is 12.1 Å². The van der Waals surface area contributed by atoms with Crippen molar-refractivity contribution >= 4 is 23.4 Å². The van der Waals surface area contributed by atoms with Gasteiger partial charge >= 0.3 is 0 Å². The summed E-state index contributed by atoms with van der Waals surface area (Å²) in [6.07, 6.45) is 0. The molecule has 0 saturated carbocycles. The summed E-state index contributed by atoms with van der Waals surface area (Å²) in [6, 6.07) is 11.7. The fraction of sp³-hybridized carbons (Fsp3) is 0.278. The topological polar surface area (TPSA) is 81.9 Å². The van der Waals surface area contributed by atoms with Gasteiger partial charge in [0.05, 0.1) is 10.5 Å². The molecule has 0 N–H and O–H groups in total. The summed E-state index contributed by atoms with van der Waals surface area (Å²) >= 11 is 1.64. The largest absolute Gasteiger partial charge is 0.486 e. The maximum atomic E-state index is 13.1. The molecule has 1 saturated heterocycles. The number of non-ortho nitro benzene ring substituents is 1. The molecule has 0 aliphatic carbocycles. The number of rotatable bonds is 3. The molecule has 2 aliphatic heterocycles. The molecule has 2 aromatic carbocycles. The zero-order valence-corrected chi connectivity index (χ0v) is 14.6. The summed E-state index contributed by atoms with van der Waals surface area (Å²) in [5.41, 5.74) is 1.39. The Hall–Kier alpha value is -2.74. The Morgan fingerprint density at radius 1 is 1.15 bits per heavy atom. The number of hydrogen-bond acceptors (Lipinski definition) is 6. The van der Waals surface area contributed by atoms with Crippen molar-refractivity contribution in [2.45, 2.75) is 5.37 Å². The number of nitro groups is 1. The lowest BCUT2D eigenvalue weighted by Gasteiger charge is -2.26. The van der Waals surface area contributed by atoms with Crippen molar-refractivity contribution in [3.8, 4) is 11.5 Å². The van der Waals surface area contributed by atoms with E-state index in [9.17, 15) is 14.9 Å². The third-order valence-corrected chi connectivity index (χ3v) is 5.60. The van der Waals surface area contributed by atoms with Gasteiger partial charge in [-0.1, -0.05) is 6.07 Å². The third kappa shape index (κ3) is 2.96. The fourth-order valence-electron chi connectivity index (χ4n) is 3.11. The Balaban J connectivity index is 1.62. The van der Waals surface area contributed by atoms with Crippen molar-refractivity contribution in [2.75, 3.05) is 25.5 Å². The van der Waals surface area contributed by atoms with Gasteiger partial charge in [-0.3, -0.25) is 14.9 Å². The first-order valence-corrected chi connectivity index (χ1v) is 9.25. The molecule has 134 valence electrons. The monoisotopic (exact) mass is 372 g/mol. The first kappa shape index (κ1) is 16.7. The number of hydrogen-bond donors (Lipinski definition) is 0. The van der Waals surface area contributed by atoms with Gasteiger partial charge in [-0.2, -0.15) is 0 Å². The van der Waals surface area contributed by atoms with Gasteiger partial charge in [0.2, 0.25) is 0 Å². The summed E-state index contributed by atoms with van der Waals surface area (Å²) < 4.78 is 11.2. The van der Waals surface area contributed by atoms with E-state index in [1.54, 1.807) is 47.0 Å². The van der Waals surface area contributed by atoms with Crippen LogP contribution in [0.1, 0.15) is 21.3 Å². The van der Waals surface area contributed by atoms with Gasteiger partial charge in [0.15, 0.2) is 11.5 Å². The van der Waals surface area contributed by atoms with Gasteiger partial charge in [0.25, 0.3) is 11.6 Å². The molecule has 0 radical (unpaired) electrons. The van der Waals surface area contributed by atoms with Gasteiger partial charge in [0.1, 0.15) is 18.6 Å². The number of carbonyl (C=O) groups is 1. The average Bonchev–Trinajstić information content (AvgIpc) is 3.17. The normalized spacial score (nSPS) is 18.6. The van der Waals surface area contributed by atoms with Crippen molar-refractivity contribution in [1.29, 1.82) is 0 Å². The number of thioether (sulfide) groups is 1. The van der Waals surface area contributed by atoms with Gasteiger partial charge in [-0.05, 0) is 29.8 Å². The molecule has 1 unspecified atom stereocenters. The second-order valence-electron chi connectivity index (χ2n) is 5.90. The van der Waals surface area contributed by atoms with Crippen LogP contribution in [0.3, 0.4) is 0 Å². The van der Waals surface area contributed by atoms with E-state index in [0.29, 0.717) is 36.8 Å². The van der Waals surface area contributed by atoms with E-state index in [2.05, 4.69) is 0 Å². The van der Waals surface area contributed by atoms with Crippen LogP contribution in [0, 0.1) is 10.1 Å². The Kier molecular flexibility index (Phi) is 4.42. The minimum absolute atomic E-state index is 0.0392. The molecule has 0 aromatic heterocycles. The van der Waals surface area contributed by atoms with Crippen LogP contribution in [0.2, 0.25) is 0 Å². The molecule has 8 heteroatoms. The number of ether oxygens (including phenoxy) is 2. The van der Waals surface area contributed by atoms with Crippen molar-refractivity contribution in [2.24, 2.45) is 0 Å². The number of benzene rings is 2. The summed E-state index contributed by atoms with van der Waals surface area (Å²) in [7, 11) is 0. The molecule has 1 atom stereocenters.